The van der Waals surface area contributed by atoms with Gasteiger partial charge in [0.15, 0.2) is 0 Å². The maximum atomic E-state index is 11.5. The number of halogens is 1. The first kappa shape index (κ1) is 16.8. The Hall–Kier alpha value is -2.08. The SMILES string of the molecule is CC(C)Oc1ccc(-c2cc3cc(C(=O)NO)ccc3s2)cc1Cl. The van der Waals surface area contributed by atoms with Crippen LogP contribution in [0.25, 0.3) is 20.5 Å². The van der Waals surface area contributed by atoms with E-state index in [0.29, 0.717) is 16.3 Å². The second-order valence-electron chi connectivity index (χ2n) is 5.62. The van der Waals surface area contributed by atoms with Crippen LogP contribution >= 0.6 is 22.9 Å². The van der Waals surface area contributed by atoms with Gasteiger partial charge in [0.25, 0.3) is 5.91 Å². The number of rotatable bonds is 4. The average molecular weight is 362 g/mol. The van der Waals surface area contributed by atoms with Crippen molar-refractivity contribution in [2.45, 2.75) is 20.0 Å². The van der Waals surface area contributed by atoms with E-state index in [4.69, 9.17) is 21.5 Å². The van der Waals surface area contributed by atoms with E-state index in [2.05, 4.69) is 0 Å². The Morgan fingerprint density at radius 1 is 1.21 bits per heavy atom. The molecule has 0 aliphatic heterocycles. The van der Waals surface area contributed by atoms with Crippen molar-refractivity contribution in [2.75, 3.05) is 0 Å². The lowest BCUT2D eigenvalue weighted by atomic mass is 10.1. The number of hydrogen-bond donors (Lipinski definition) is 2. The Kier molecular flexibility index (Phi) is 4.76. The van der Waals surface area contributed by atoms with Crippen molar-refractivity contribution < 1.29 is 14.7 Å². The second kappa shape index (κ2) is 6.81. The van der Waals surface area contributed by atoms with Gasteiger partial charge in [-0.3, -0.25) is 10.0 Å². The summed E-state index contributed by atoms with van der Waals surface area (Å²) >= 11 is 7.92. The molecule has 0 unspecified atom stereocenters. The van der Waals surface area contributed by atoms with Crippen LogP contribution in [0.5, 0.6) is 5.75 Å². The minimum Gasteiger partial charge on any atom is -0.489 e. The Morgan fingerprint density at radius 3 is 2.67 bits per heavy atom. The zero-order valence-electron chi connectivity index (χ0n) is 13.2. The summed E-state index contributed by atoms with van der Waals surface area (Å²) in [5.41, 5.74) is 3.05. The van der Waals surface area contributed by atoms with Crippen molar-refractivity contribution in [1.82, 2.24) is 5.48 Å². The van der Waals surface area contributed by atoms with Crippen LogP contribution in [-0.4, -0.2) is 17.2 Å². The number of amides is 1. The molecule has 3 aromatic rings. The smallest absolute Gasteiger partial charge is 0.274 e. The summed E-state index contributed by atoms with van der Waals surface area (Å²) in [7, 11) is 0. The van der Waals surface area contributed by atoms with E-state index in [0.717, 1.165) is 20.5 Å². The van der Waals surface area contributed by atoms with Gasteiger partial charge in [-0.25, -0.2) is 5.48 Å². The molecule has 1 aromatic heterocycles. The number of thiophene rings is 1. The third-order valence-electron chi connectivity index (χ3n) is 3.46. The Bertz CT molecular complexity index is 904. The van der Waals surface area contributed by atoms with Crippen molar-refractivity contribution in [3.63, 3.8) is 0 Å². The number of benzene rings is 2. The summed E-state index contributed by atoms with van der Waals surface area (Å²) < 4.78 is 6.71. The molecule has 0 aliphatic rings. The van der Waals surface area contributed by atoms with E-state index in [-0.39, 0.29) is 6.10 Å². The first-order valence-corrected chi connectivity index (χ1v) is 8.62. The van der Waals surface area contributed by atoms with Crippen LogP contribution in [-0.2, 0) is 0 Å². The first-order valence-electron chi connectivity index (χ1n) is 7.42. The molecular weight excluding hydrogens is 346 g/mol. The third-order valence-corrected chi connectivity index (χ3v) is 4.92. The van der Waals surface area contributed by atoms with Crippen LogP contribution < -0.4 is 10.2 Å². The molecule has 4 nitrogen and oxygen atoms in total. The van der Waals surface area contributed by atoms with Gasteiger partial charge in [-0.15, -0.1) is 11.3 Å². The predicted octanol–water partition coefficient (Wildman–Crippen LogP) is 5.13. The molecule has 24 heavy (non-hydrogen) atoms. The number of ether oxygens (including phenoxy) is 1. The highest BCUT2D eigenvalue weighted by molar-refractivity contribution is 7.22. The van der Waals surface area contributed by atoms with E-state index in [9.17, 15) is 4.79 Å². The number of nitrogens with one attached hydrogen (secondary N) is 1. The quantitative estimate of drug-likeness (QED) is 0.500. The Balaban J connectivity index is 1.97. The monoisotopic (exact) mass is 361 g/mol. The second-order valence-corrected chi connectivity index (χ2v) is 7.11. The molecule has 0 saturated carbocycles. The van der Waals surface area contributed by atoms with Gasteiger partial charge in [0.2, 0.25) is 0 Å². The lowest BCUT2D eigenvalue weighted by Crippen LogP contribution is -2.18. The minimum atomic E-state index is -0.525. The van der Waals surface area contributed by atoms with Gasteiger partial charge < -0.3 is 4.74 Å². The van der Waals surface area contributed by atoms with Crippen LogP contribution in [0.4, 0.5) is 0 Å². The number of hydrogen-bond acceptors (Lipinski definition) is 4. The predicted molar refractivity (Wildman–Crippen MR) is 97.3 cm³/mol. The molecule has 0 saturated heterocycles. The fourth-order valence-corrected chi connectivity index (χ4v) is 3.66. The Labute approximate surface area is 148 Å². The molecule has 2 aromatic carbocycles. The third kappa shape index (κ3) is 3.38. The summed E-state index contributed by atoms with van der Waals surface area (Å²) in [4.78, 5) is 12.6. The van der Waals surface area contributed by atoms with Gasteiger partial charge in [-0.1, -0.05) is 11.6 Å². The standard InChI is InChI=1S/C18H16ClNO3S/c1-10(2)23-15-5-3-11(8-14(15)19)17-9-13-7-12(18(21)20-22)4-6-16(13)24-17/h3-10,22H,1-2H3,(H,20,21). The van der Waals surface area contributed by atoms with Gasteiger partial charge in [0.1, 0.15) is 5.75 Å². The molecule has 6 heteroatoms. The molecule has 2 N–H and O–H groups in total. The summed E-state index contributed by atoms with van der Waals surface area (Å²) in [6.45, 7) is 3.91. The van der Waals surface area contributed by atoms with Crippen LogP contribution in [0.2, 0.25) is 5.02 Å². The van der Waals surface area contributed by atoms with Gasteiger partial charge in [0.05, 0.1) is 11.1 Å². The molecule has 0 fully saturated rings. The normalized spacial score (nSPS) is 11.0. The molecule has 1 amide bonds. The largest absolute Gasteiger partial charge is 0.489 e. The highest BCUT2D eigenvalue weighted by atomic mass is 35.5. The van der Waals surface area contributed by atoms with Crippen molar-refractivity contribution in [3.05, 3.63) is 53.1 Å². The first-order chi connectivity index (χ1) is 11.5. The molecule has 0 atom stereocenters. The van der Waals surface area contributed by atoms with Gasteiger partial charge in [-0.2, -0.15) is 0 Å². The zero-order chi connectivity index (χ0) is 17.3. The molecule has 0 spiro atoms. The molecule has 0 bridgehead atoms. The van der Waals surface area contributed by atoms with Gasteiger partial charge >= 0.3 is 0 Å². The molecule has 0 aliphatic carbocycles. The number of carbonyl (C=O) groups is 1. The molecule has 0 radical (unpaired) electrons. The van der Waals surface area contributed by atoms with E-state index in [1.165, 1.54) is 0 Å². The highest BCUT2D eigenvalue weighted by Crippen LogP contribution is 2.37. The van der Waals surface area contributed by atoms with Crippen molar-refractivity contribution in [2.24, 2.45) is 0 Å². The summed E-state index contributed by atoms with van der Waals surface area (Å²) in [5, 5.41) is 10.2. The van der Waals surface area contributed by atoms with E-state index in [1.54, 1.807) is 28.9 Å². The van der Waals surface area contributed by atoms with E-state index in [1.807, 2.05) is 44.2 Å². The lowest BCUT2D eigenvalue weighted by molar-refractivity contribution is 0.0706. The Morgan fingerprint density at radius 2 is 2.00 bits per heavy atom. The summed E-state index contributed by atoms with van der Waals surface area (Å²) in [5.74, 6) is 0.140. The zero-order valence-corrected chi connectivity index (χ0v) is 14.7. The number of fused-ring (bicyclic) bond motifs is 1. The molecule has 124 valence electrons. The van der Waals surface area contributed by atoms with Crippen LogP contribution in [0.1, 0.15) is 24.2 Å². The highest BCUT2D eigenvalue weighted by Gasteiger charge is 2.11. The number of hydroxylamine groups is 1. The number of carbonyl (C=O) groups excluding carboxylic acids is 1. The summed E-state index contributed by atoms with van der Waals surface area (Å²) in [6, 6.07) is 13.0. The maximum absolute atomic E-state index is 11.5. The molecular formula is C18H16ClNO3S. The fourth-order valence-electron chi connectivity index (χ4n) is 2.40. The van der Waals surface area contributed by atoms with E-state index < -0.39 is 5.91 Å². The summed E-state index contributed by atoms with van der Waals surface area (Å²) in [6.07, 6.45) is 0.0637. The van der Waals surface area contributed by atoms with Gasteiger partial charge in [0, 0.05) is 15.1 Å². The molecule has 1 heterocycles. The molecule has 3 rings (SSSR count). The topological polar surface area (TPSA) is 58.6 Å². The van der Waals surface area contributed by atoms with Gasteiger partial charge in [-0.05, 0) is 67.3 Å². The average Bonchev–Trinajstić information content (AvgIpc) is 2.98. The fraction of sp³-hybridized carbons (Fsp3) is 0.167. The van der Waals surface area contributed by atoms with E-state index >= 15 is 0 Å². The van der Waals surface area contributed by atoms with Crippen molar-refractivity contribution in [3.8, 4) is 16.2 Å². The van der Waals surface area contributed by atoms with Crippen molar-refractivity contribution >= 4 is 38.9 Å². The lowest BCUT2D eigenvalue weighted by Gasteiger charge is -2.11. The van der Waals surface area contributed by atoms with Crippen LogP contribution in [0.15, 0.2) is 42.5 Å². The van der Waals surface area contributed by atoms with Crippen LogP contribution in [0, 0.1) is 0 Å². The minimum absolute atomic E-state index is 0.0637. The van der Waals surface area contributed by atoms with Crippen molar-refractivity contribution in [1.29, 1.82) is 0 Å². The maximum Gasteiger partial charge on any atom is 0.274 e. The van der Waals surface area contributed by atoms with Crippen LogP contribution in [0.3, 0.4) is 0 Å².